The van der Waals surface area contributed by atoms with Crippen LogP contribution in [0.25, 0.3) is 0 Å². The highest BCUT2D eigenvalue weighted by Crippen LogP contribution is 2.59. The monoisotopic (exact) mass is 528 g/mol. The molecule has 0 radical (unpaired) electrons. The van der Waals surface area contributed by atoms with Crippen LogP contribution in [-0.4, -0.2) is 40.8 Å². The fourth-order valence-corrected chi connectivity index (χ4v) is 7.13. The second-order valence-corrected chi connectivity index (χ2v) is 13.1. The van der Waals surface area contributed by atoms with Gasteiger partial charge in [-0.3, -0.25) is 9.59 Å². The standard InChI is InChI=1S/C33H52O5/c1-7-8-9-19-38-31(37)32(4,5)30(36)17-12-22(2)26-15-16-27-25(11-10-18-33(26,27)6)14-13-24-20-28(34)23(3)29(35)21-24/h12-14,17,22-23,26-29,34-35H,7-11,15-16,18-21H2,1-6H3/b17-12+,24-13?,25-14+/t22?,23?,26-,27+,28-,29?,33?/m1/s1. The average molecular weight is 529 g/mol. The predicted molar refractivity (Wildman–Crippen MR) is 152 cm³/mol. The number of allylic oxidation sites excluding steroid dienone is 5. The molecule has 0 aromatic carbocycles. The maximum atomic E-state index is 13.0. The zero-order chi connectivity index (χ0) is 28.1. The van der Waals surface area contributed by atoms with Crippen molar-refractivity contribution < 1.29 is 24.5 Å². The van der Waals surface area contributed by atoms with Gasteiger partial charge in [0.1, 0.15) is 5.41 Å². The number of rotatable bonds is 10. The summed E-state index contributed by atoms with van der Waals surface area (Å²) in [6.45, 7) is 12.4. The lowest BCUT2D eigenvalue weighted by Crippen LogP contribution is -2.36. The van der Waals surface area contributed by atoms with Crippen LogP contribution in [0.4, 0.5) is 0 Å². The highest BCUT2D eigenvalue weighted by Gasteiger charge is 2.50. The van der Waals surface area contributed by atoms with Crippen LogP contribution in [0.2, 0.25) is 0 Å². The molecular formula is C33H52O5. The van der Waals surface area contributed by atoms with Gasteiger partial charge >= 0.3 is 5.97 Å². The highest BCUT2D eigenvalue weighted by molar-refractivity contribution is 6.08. The molecule has 2 N–H and O–H groups in total. The molecule has 5 nitrogen and oxygen atoms in total. The Bertz CT molecular complexity index is 914. The summed E-state index contributed by atoms with van der Waals surface area (Å²) < 4.78 is 5.39. The van der Waals surface area contributed by atoms with E-state index in [1.165, 1.54) is 12.0 Å². The van der Waals surface area contributed by atoms with Crippen molar-refractivity contribution in [1.82, 2.24) is 0 Å². The Morgan fingerprint density at radius 1 is 1.13 bits per heavy atom. The van der Waals surface area contributed by atoms with Gasteiger partial charge in [-0.25, -0.2) is 0 Å². The van der Waals surface area contributed by atoms with Crippen molar-refractivity contribution in [1.29, 1.82) is 0 Å². The Labute approximate surface area is 230 Å². The van der Waals surface area contributed by atoms with E-state index in [1.54, 1.807) is 19.9 Å². The van der Waals surface area contributed by atoms with E-state index in [-0.39, 0.29) is 23.0 Å². The molecule has 0 saturated heterocycles. The third kappa shape index (κ3) is 6.88. The summed E-state index contributed by atoms with van der Waals surface area (Å²) in [5.41, 5.74) is 1.65. The summed E-state index contributed by atoms with van der Waals surface area (Å²) in [5.74, 6) is 0.553. The van der Waals surface area contributed by atoms with Gasteiger partial charge < -0.3 is 14.9 Å². The molecule has 3 fully saturated rings. The minimum atomic E-state index is -1.17. The van der Waals surface area contributed by atoms with E-state index in [2.05, 4.69) is 32.9 Å². The normalized spacial score (nSPS) is 35.0. The van der Waals surface area contributed by atoms with Gasteiger partial charge in [-0.15, -0.1) is 0 Å². The van der Waals surface area contributed by atoms with Crippen molar-refractivity contribution in [3.8, 4) is 0 Å². The van der Waals surface area contributed by atoms with Crippen LogP contribution in [0.3, 0.4) is 0 Å². The predicted octanol–water partition coefficient (Wildman–Crippen LogP) is 6.73. The van der Waals surface area contributed by atoms with Crippen molar-refractivity contribution in [3.05, 3.63) is 35.5 Å². The lowest BCUT2D eigenvalue weighted by molar-refractivity contribution is -0.157. The number of carbonyl (C=O) groups is 2. The van der Waals surface area contributed by atoms with Crippen LogP contribution in [0.1, 0.15) is 106 Å². The van der Waals surface area contributed by atoms with E-state index in [4.69, 9.17) is 4.74 Å². The minimum Gasteiger partial charge on any atom is -0.465 e. The van der Waals surface area contributed by atoms with Crippen LogP contribution in [0.5, 0.6) is 0 Å². The quantitative estimate of drug-likeness (QED) is 0.142. The number of esters is 1. The SMILES string of the molecule is CCCCCOC(=O)C(C)(C)C(=O)/C=C/C(C)[C@H]1CC[C@H]2/C(=C/C=C3CC(O)C(C)[C@H](O)C3)CCCC12C. The lowest BCUT2D eigenvalue weighted by Gasteiger charge is -2.44. The minimum absolute atomic E-state index is 0.0724. The second-order valence-electron chi connectivity index (χ2n) is 13.1. The van der Waals surface area contributed by atoms with E-state index in [1.807, 2.05) is 13.0 Å². The molecule has 0 heterocycles. The topological polar surface area (TPSA) is 83.8 Å². The summed E-state index contributed by atoms with van der Waals surface area (Å²) in [6.07, 6.45) is 17.1. The Morgan fingerprint density at radius 2 is 1.82 bits per heavy atom. The summed E-state index contributed by atoms with van der Waals surface area (Å²) in [7, 11) is 0. The molecule has 3 aliphatic carbocycles. The van der Waals surface area contributed by atoms with Gasteiger partial charge in [0, 0.05) is 5.92 Å². The van der Waals surface area contributed by atoms with Crippen molar-refractivity contribution >= 4 is 11.8 Å². The first kappa shape index (κ1) is 30.8. The second kappa shape index (κ2) is 13.1. The molecule has 4 unspecified atom stereocenters. The van der Waals surface area contributed by atoms with Gasteiger partial charge in [0.05, 0.1) is 18.8 Å². The first-order valence-electron chi connectivity index (χ1n) is 15.1. The van der Waals surface area contributed by atoms with Gasteiger partial charge in [-0.05, 0) is 94.5 Å². The summed E-state index contributed by atoms with van der Waals surface area (Å²) >= 11 is 0. The van der Waals surface area contributed by atoms with E-state index in [0.717, 1.165) is 50.5 Å². The van der Waals surface area contributed by atoms with Crippen molar-refractivity contribution in [2.45, 2.75) is 118 Å². The third-order valence-corrected chi connectivity index (χ3v) is 10.0. The van der Waals surface area contributed by atoms with Gasteiger partial charge in [-0.2, -0.15) is 0 Å². The molecule has 3 rings (SSSR count). The van der Waals surface area contributed by atoms with E-state index in [9.17, 15) is 19.8 Å². The van der Waals surface area contributed by atoms with Gasteiger partial charge in [0.25, 0.3) is 0 Å². The number of aliphatic hydroxyl groups excluding tert-OH is 2. The summed E-state index contributed by atoms with van der Waals surface area (Å²) in [4.78, 5) is 25.5. The highest BCUT2D eigenvalue weighted by atomic mass is 16.5. The number of ketones is 1. The number of hydrogen-bond acceptors (Lipinski definition) is 5. The first-order chi connectivity index (χ1) is 17.9. The number of ether oxygens (including phenoxy) is 1. The zero-order valence-electron chi connectivity index (χ0n) is 24.7. The van der Waals surface area contributed by atoms with Gasteiger partial charge in [-0.1, -0.05) is 69.9 Å². The van der Waals surface area contributed by atoms with Crippen molar-refractivity contribution in [2.75, 3.05) is 6.61 Å². The molecule has 7 atom stereocenters. The number of unbranched alkanes of at least 4 members (excludes halogenated alkanes) is 2. The van der Waals surface area contributed by atoms with Crippen molar-refractivity contribution in [2.24, 2.45) is 34.5 Å². The van der Waals surface area contributed by atoms with E-state index < -0.39 is 23.6 Å². The van der Waals surface area contributed by atoms with Crippen LogP contribution in [0, 0.1) is 34.5 Å². The Balaban J connectivity index is 1.65. The largest absolute Gasteiger partial charge is 0.465 e. The van der Waals surface area contributed by atoms with Gasteiger partial charge in [0.2, 0.25) is 0 Å². The number of aliphatic hydroxyl groups is 2. The maximum absolute atomic E-state index is 13.0. The molecule has 214 valence electrons. The molecule has 0 aromatic rings. The van der Waals surface area contributed by atoms with Gasteiger partial charge in [0.15, 0.2) is 5.78 Å². The van der Waals surface area contributed by atoms with Crippen LogP contribution in [-0.2, 0) is 14.3 Å². The Kier molecular flexibility index (Phi) is 10.6. The molecule has 3 aliphatic rings. The molecule has 3 saturated carbocycles. The molecule has 0 bridgehead atoms. The molecule has 0 spiro atoms. The number of carbonyl (C=O) groups excluding carboxylic acids is 2. The third-order valence-electron chi connectivity index (χ3n) is 10.0. The number of hydrogen-bond donors (Lipinski definition) is 2. The Morgan fingerprint density at radius 3 is 2.47 bits per heavy atom. The maximum Gasteiger partial charge on any atom is 0.319 e. The van der Waals surface area contributed by atoms with Crippen LogP contribution >= 0.6 is 0 Å². The lowest BCUT2D eigenvalue weighted by atomic mass is 9.61. The zero-order valence-corrected chi connectivity index (χ0v) is 24.7. The molecule has 38 heavy (non-hydrogen) atoms. The average Bonchev–Trinajstić information content (AvgIpc) is 3.24. The molecule has 0 aromatic heterocycles. The van der Waals surface area contributed by atoms with Crippen LogP contribution < -0.4 is 0 Å². The molecular weight excluding hydrogens is 476 g/mol. The molecule has 0 amide bonds. The molecule has 5 heteroatoms. The van der Waals surface area contributed by atoms with E-state index >= 15 is 0 Å². The summed E-state index contributed by atoms with van der Waals surface area (Å²) in [5, 5.41) is 20.6. The fraction of sp³-hybridized carbons (Fsp3) is 0.758. The van der Waals surface area contributed by atoms with E-state index in [0.29, 0.717) is 31.3 Å². The fourth-order valence-electron chi connectivity index (χ4n) is 7.13. The summed E-state index contributed by atoms with van der Waals surface area (Å²) in [6, 6.07) is 0. The number of fused-ring (bicyclic) bond motifs is 1. The van der Waals surface area contributed by atoms with Crippen molar-refractivity contribution in [3.63, 3.8) is 0 Å². The molecule has 0 aliphatic heterocycles. The first-order valence-corrected chi connectivity index (χ1v) is 15.1. The Hall–Kier alpha value is -1.72. The smallest absolute Gasteiger partial charge is 0.319 e. The van der Waals surface area contributed by atoms with Crippen LogP contribution in [0.15, 0.2) is 35.5 Å².